The number of benzene rings is 1. The molecule has 3 amide bonds. The first-order chi connectivity index (χ1) is 9.35. The highest BCUT2D eigenvalue weighted by Crippen LogP contribution is 2.28. The van der Waals surface area contributed by atoms with Gasteiger partial charge in [0.2, 0.25) is 5.75 Å². The maximum atomic E-state index is 13.1. The third kappa shape index (κ3) is 3.90. The van der Waals surface area contributed by atoms with Crippen LogP contribution < -0.4 is 15.4 Å². The van der Waals surface area contributed by atoms with E-state index < -0.39 is 40.2 Å². The first kappa shape index (κ1) is 15.3. The van der Waals surface area contributed by atoms with Crippen molar-refractivity contribution in [1.82, 2.24) is 10.6 Å². The lowest BCUT2D eigenvalue weighted by Crippen LogP contribution is -2.44. The Kier molecular flexibility index (Phi) is 4.95. The standard InChI is InChI=1S/C11H12FN3O5/c1-6(10(16)14-11(17)13-2)20-9-5-7(12)3-4-8(9)15(18)19/h3-6H,1-2H3,(H2,13,14,16,17). The van der Waals surface area contributed by atoms with Gasteiger partial charge in [-0.15, -0.1) is 0 Å². The SMILES string of the molecule is CNC(=O)NC(=O)C(C)Oc1cc(F)ccc1[N+](=O)[O-]. The minimum Gasteiger partial charge on any atom is -0.474 e. The number of carbonyl (C=O) groups excluding carboxylic acids is 2. The molecule has 1 atom stereocenters. The zero-order valence-electron chi connectivity index (χ0n) is 10.7. The highest BCUT2D eigenvalue weighted by atomic mass is 19.1. The summed E-state index contributed by atoms with van der Waals surface area (Å²) in [6.07, 6.45) is -1.22. The Morgan fingerprint density at radius 3 is 2.65 bits per heavy atom. The average Bonchev–Trinajstić information content (AvgIpc) is 2.38. The molecule has 9 heteroatoms. The van der Waals surface area contributed by atoms with E-state index in [1.807, 2.05) is 5.32 Å². The molecule has 0 saturated heterocycles. The first-order valence-electron chi connectivity index (χ1n) is 5.48. The van der Waals surface area contributed by atoms with E-state index in [0.717, 1.165) is 18.2 Å². The molecule has 0 fully saturated rings. The summed E-state index contributed by atoms with van der Waals surface area (Å²) < 4.78 is 18.1. The molecule has 0 aliphatic carbocycles. The van der Waals surface area contributed by atoms with Gasteiger partial charge in [0.25, 0.3) is 5.91 Å². The van der Waals surface area contributed by atoms with Gasteiger partial charge in [0.1, 0.15) is 5.82 Å². The number of amides is 3. The summed E-state index contributed by atoms with van der Waals surface area (Å²) in [6.45, 7) is 1.27. The molecule has 108 valence electrons. The molecule has 20 heavy (non-hydrogen) atoms. The molecule has 0 aromatic heterocycles. The number of rotatable bonds is 4. The van der Waals surface area contributed by atoms with Gasteiger partial charge in [-0.2, -0.15) is 0 Å². The second-order valence-electron chi connectivity index (χ2n) is 3.70. The van der Waals surface area contributed by atoms with Gasteiger partial charge in [-0.05, 0) is 13.0 Å². The number of nitrogens with one attached hydrogen (secondary N) is 2. The molecule has 0 heterocycles. The van der Waals surface area contributed by atoms with Crippen molar-refractivity contribution in [2.24, 2.45) is 0 Å². The summed E-state index contributed by atoms with van der Waals surface area (Å²) in [7, 11) is 1.31. The summed E-state index contributed by atoms with van der Waals surface area (Å²) in [5.41, 5.74) is -0.481. The van der Waals surface area contributed by atoms with Crippen molar-refractivity contribution in [1.29, 1.82) is 0 Å². The molecular formula is C11H12FN3O5. The van der Waals surface area contributed by atoms with Crippen LogP contribution >= 0.6 is 0 Å². The van der Waals surface area contributed by atoms with Crippen LogP contribution in [0.2, 0.25) is 0 Å². The second-order valence-corrected chi connectivity index (χ2v) is 3.70. The van der Waals surface area contributed by atoms with Gasteiger partial charge < -0.3 is 10.1 Å². The Labute approximate surface area is 113 Å². The lowest BCUT2D eigenvalue weighted by atomic mass is 10.3. The van der Waals surface area contributed by atoms with E-state index in [4.69, 9.17) is 4.74 Å². The summed E-state index contributed by atoms with van der Waals surface area (Å²) in [5.74, 6) is -1.96. The van der Waals surface area contributed by atoms with Gasteiger partial charge in [-0.25, -0.2) is 9.18 Å². The number of ether oxygens (including phenoxy) is 1. The van der Waals surface area contributed by atoms with Gasteiger partial charge in [-0.3, -0.25) is 20.2 Å². The molecular weight excluding hydrogens is 273 g/mol. The Morgan fingerprint density at radius 2 is 2.10 bits per heavy atom. The van der Waals surface area contributed by atoms with E-state index in [1.165, 1.54) is 14.0 Å². The Bertz CT molecular complexity index is 549. The highest BCUT2D eigenvalue weighted by Gasteiger charge is 2.22. The molecule has 1 unspecified atom stereocenters. The predicted octanol–water partition coefficient (Wildman–Crippen LogP) is 0.957. The zero-order valence-corrected chi connectivity index (χ0v) is 10.7. The van der Waals surface area contributed by atoms with Crippen molar-refractivity contribution < 1.29 is 23.6 Å². The third-order valence-electron chi connectivity index (χ3n) is 2.26. The minimum atomic E-state index is -1.22. The molecule has 0 saturated carbocycles. The van der Waals surface area contributed by atoms with Crippen LogP contribution in [0.3, 0.4) is 0 Å². The molecule has 8 nitrogen and oxygen atoms in total. The maximum Gasteiger partial charge on any atom is 0.321 e. The molecule has 0 bridgehead atoms. The normalized spacial score (nSPS) is 11.3. The number of halogens is 1. The largest absolute Gasteiger partial charge is 0.474 e. The van der Waals surface area contributed by atoms with Crippen molar-refractivity contribution in [2.75, 3.05) is 7.05 Å². The molecule has 0 aliphatic heterocycles. The van der Waals surface area contributed by atoms with Gasteiger partial charge in [0, 0.05) is 19.2 Å². The molecule has 1 aromatic rings. The van der Waals surface area contributed by atoms with Gasteiger partial charge in [0.15, 0.2) is 6.10 Å². The smallest absolute Gasteiger partial charge is 0.321 e. The number of carbonyl (C=O) groups is 2. The van der Waals surface area contributed by atoms with Crippen LogP contribution in [0.4, 0.5) is 14.9 Å². The molecule has 0 spiro atoms. The molecule has 1 rings (SSSR count). The average molecular weight is 285 g/mol. The maximum absolute atomic E-state index is 13.1. The van der Waals surface area contributed by atoms with E-state index >= 15 is 0 Å². The van der Waals surface area contributed by atoms with E-state index in [-0.39, 0.29) is 0 Å². The highest BCUT2D eigenvalue weighted by molar-refractivity contribution is 5.96. The Morgan fingerprint density at radius 1 is 1.45 bits per heavy atom. The monoisotopic (exact) mass is 285 g/mol. The number of hydrogen-bond acceptors (Lipinski definition) is 5. The van der Waals surface area contributed by atoms with Crippen LogP contribution in [0.1, 0.15) is 6.92 Å². The van der Waals surface area contributed by atoms with Crippen LogP contribution in [-0.4, -0.2) is 30.0 Å². The predicted molar refractivity (Wildman–Crippen MR) is 65.7 cm³/mol. The van der Waals surface area contributed by atoms with Crippen LogP contribution in [0.15, 0.2) is 18.2 Å². The van der Waals surface area contributed by atoms with E-state index in [2.05, 4.69) is 5.32 Å². The number of nitro benzene ring substituents is 1. The van der Waals surface area contributed by atoms with E-state index in [0.29, 0.717) is 0 Å². The molecule has 2 N–H and O–H groups in total. The number of nitrogens with zero attached hydrogens (tertiary/aromatic N) is 1. The molecule has 0 aliphatic rings. The second kappa shape index (κ2) is 6.45. The van der Waals surface area contributed by atoms with Crippen molar-refractivity contribution in [3.05, 3.63) is 34.1 Å². The van der Waals surface area contributed by atoms with Crippen molar-refractivity contribution >= 4 is 17.6 Å². The van der Waals surface area contributed by atoms with Crippen molar-refractivity contribution in [3.63, 3.8) is 0 Å². The number of imide groups is 1. The third-order valence-corrected chi connectivity index (χ3v) is 2.26. The summed E-state index contributed by atoms with van der Waals surface area (Å²) in [5, 5.41) is 14.8. The van der Waals surface area contributed by atoms with Gasteiger partial charge in [0.05, 0.1) is 4.92 Å². The Balaban J connectivity index is 2.87. The van der Waals surface area contributed by atoms with Crippen molar-refractivity contribution in [2.45, 2.75) is 13.0 Å². The summed E-state index contributed by atoms with van der Waals surface area (Å²) in [4.78, 5) is 32.4. The fraction of sp³-hybridized carbons (Fsp3) is 0.273. The zero-order chi connectivity index (χ0) is 15.3. The minimum absolute atomic E-state index is 0.394. The van der Waals surface area contributed by atoms with Crippen LogP contribution in [-0.2, 0) is 4.79 Å². The van der Waals surface area contributed by atoms with E-state index in [1.54, 1.807) is 0 Å². The first-order valence-corrected chi connectivity index (χ1v) is 5.48. The van der Waals surface area contributed by atoms with E-state index in [9.17, 15) is 24.1 Å². The van der Waals surface area contributed by atoms with Crippen LogP contribution in [0.25, 0.3) is 0 Å². The fourth-order valence-corrected chi connectivity index (χ4v) is 1.25. The summed E-state index contributed by atoms with van der Waals surface area (Å²) in [6, 6.07) is 1.87. The number of hydrogen-bond donors (Lipinski definition) is 2. The summed E-state index contributed by atoms with van der Waals surface area (Å²) >= 11 is 0. The fourth-order valence-electron chi connectivity index (χ4n) is 1.25. The molecule has 1 aromatic carbocycles. The number of urea groups is 1. The topological polar surface area (TPSA) is 111 Å². The van der Waals surface area contributed by atoms with Gasteiger partial charge in [-0.1, -0.05) is 0 Å². The Hall–Kier alpha value is -2.71. The van der Waals surface area contributed by atoms with Crippen LogP contribution in [0, 0.1) is 15.9 Å². The number of nitro groups is 1. The van der Waals surface area contributed by atoms with Crippen molar-refractivity contribution in [3.8, 4) is 5.75 Å². The quantitative estimate of drug-likeness (QED) is 0.632. The molecule has 0 radical (unpaired) electrons. The van der Waals surface area contributed by atoms with Gasteiger partial charge >= 0.3 is 11.7 Å². The lowest BCUT2D eigenvalue weighted by Gasteiger charge is -2.13. The lowest BCUT2D eigenvalue weighted by molar-refractivity contribution is -0.386. The van der Waals surface area contributed by atoms with Crippen LogP contribution in [0.5, 0.6) is 5.75 Å².